The van der Waals surface area contributed by atoms with Gasteiger partial charge in [0.15, 0.2) is 17.2 Å². The van der Waals surface area contributed by atoms with Gasteiger partial charge in [-0.2, -0.15) is 16.8 Å². The zero-order valence-electron chi connectivity index (χ0n) is 21.3. The molecule has 0 radical (unpaired) electrons. The molecule has 0 amide bonds. The maximum atomic E-state index is 12.1. The van der Waals surface area contributed by atoms with Gasteiger partial charge < -0.3 is 22.9 Å². The molecule has 1 N–H and O–H groups in total. The van der Waals surface area contributed by atoms with Crippen LogP contribution < -0.4 is 17.8 Å². The van der Waals surface area contributed by atoms with Crippen LogP contribution in [0.1, 0.15) is 5.56 Å². The third kappa shape index (κ3) is 7.43. The summed E-state index contributed by atoms with van der Waals surface area (Å²) in [4.78, 5) is 0. The number of rotatable bonds is 10. The van der Waals surface area contributed by atoms with Crippen molar-refractivity contribution in [1.29, 1.82) is 0 Å². The minimum atomic E-state index is -3.95. The highest BCUT2D eigenvalue weighted by Gasteiger charge is 2.21. The Labute approximate surface area is 227 Å². The van der Waals surface area contributed by atoms with Gasteiger partial charge in [-0.15, -0.1) is 0 Å². The molecule has 4 aromatic rings. The Morgan fingerprint density at radius 3 is 1.87 bits per heavy atom. The summed E-state index contributed by atoms with van der Waals surface area (Å²) in [6.07, 6.45) is 1.87. The topological polar surface area (TPSA) is 125 Å². The molecule has 0 fully saturated rings. The first-order valence-corrected chi connectivity index (χ1v) is 15.2. The number of ether oxygens (including phenoxy) is 2. The standard InChI is InChI=1S/C28H26O9S2/c1-34-26-16-22(20-9-12-23(13-10-20)36-38(2,30)31)17-27(37-39(3,32)33)28(26)21-11-14-25(24(29)15-21)35-18-19-7-5-4-6-8-19/h4-17,29H,18H2,1-3H3. The molecule has 4 aromatic carbocycles. The van der Waals surface area contributed by atoms with E-state index in [2.05, 4.69) is 0 Å². The van der Waals surface area contributed by atoms with E-state index in [9.17, 15) is 21.9 Å². The largest absolute Gasteiger partial charge is 0.504 e. The van der Waals surface area contributed by atoms with Crippen LogP contribution in [0.2, 0.25) is 0 Å². The van der Waals surface area contributed by atoms with Crippen molar-refractivity contribution in [2.75, 3.05) is 19.6 Å². The van der Waals surface area contributed by atoms with Crippen LogP contribution >= 0.6 is 0 Å². The van der Waals surface area contributed by atoms with Crippen molar-refractivity contribution in [1.82, 2.24) is 0 Å². The monoisotopic (exact) mass is 570 g/mol. The lowest BCUT2D eigenvalue weighted by atomic mass is 9.97. The molecule has 11 heteroatoms. The van der Waals surface area contributed by atoms with Crippen LogP contribution in [0, 0.1) is 0 Å². The number of hydrogen-bond donors (Lipinski definition) is 1. The lowest BCUT2D eigenvalue weighted by Crippen LogP contribution is -2.07. The fourth-order valence-corrected chi connectivity index (χ4v) is 4.76. The van der Waals surface area contributed by atoms with E-state index in [0.717, 1.165) is 18.1 Å². The molecule has 0 aromatic heterocycles. The normalized spacial score (nSPS) is 11.6. The second-order valence-electron chi connectivity index (χ2n) is 8.61. The van der Waals surface area contributed by atoms with Crippen molar-refractivity contribution < 1.29 is 39.8 Å². The van der Waals surface area contributed by atoms with E-state index in [4.69, 9.17) is 17.8 Å². The van der Waals surface area contributed by atoms with E-state index in [-0.39, 0.29) is 35.4 Å². The third-order valence-electron chi connectivity index (χ3n) is 5.45. The average molecular weight is 571 g/mol. The minimum absolute atomic E-state index is 0.0272. The van der Waals surface area contributed by atoms with Crippen LogP contribution in [0.25, 0.3) is 22.3 Å². The van der Waals surface area contributed by atoms with E-state index >= 15 is 0 Å². The number of phenolic OH excluding ortho intramolecular Hbond substituents is 1. The molecular formula is C28H26O9S2. The summed E-state index contributed by atoms with van der Waals surface area (Å²) >= 11 is 0. The fourth-order valence-electron chi connectivity index (χ4n) is 3.84. The van der Waals surface area contributed by atoms with Crippen LogP contribution in [-0.2, 0) is 26.8 Å². The molecular weight excluding hydrogens is 544 g/mol. The van der Waals surface area contributed by atoms with Crippen LogP contribution in [0.4, 0.5) is 0 Å². The summed E-state index contributed by atoms with van der Waals surface area (Å²) in [5.74, 6) is 0.477. The van der Waals surface area contributed by atoms with Gasteiger partial charge in [0, 0.05) is 0 Å². The SMILES string of the molecule is COc1cc(-c2ccc(OS(C)(=O)=O)cc2)cc(OS(C)(=O)=O)c1-c1ccc(OCc2ccccc2)c(O)c1. The summed E-state index contributed by atoms with van der Waals surface area (Å²) in [7, 11) is -6.21. The van der Waals surface area contributed by atoms with Crippen molar-refractivity contribution in [2.45, 2.75) is 6.61 Å². The van der Waals surface area contributed by atoms with Gasteiger partial charge in [0.05, 0.1) is 25.2 Å². The first-order chi connectivity index (χ1) is 18.4. The van der Waals surface area contributed by atoms with Crippen LogP contribution in [-0.4, -0.2) is 41.6 Å². The van der Waals surface area contributed by atoms with Crippen molar-refractivity contribution in [3.63, 3.8) is 0 Å². The second-order valence-corrected chi connectivity index (χ2v) is 11.8. The maximum Gasteiger partial charge on any atom is 0.306 e. The van der Waals surface area contributed by atoms with Gasteiger partial charge >= 0.3 is 20.2 Å². The maximum absolute atomic E-state index is 12.1. The van der Waals surface area contributed by atoms with Gasteiger partial charge in [-0.1, -0.05) is 48.5 Å². The van der Waals surface area contributed by atoms with Gasteiger partial charge in [-0.05, 0) is 58.7 Å². The van der Waals surface area contributed by atoms with E-state index in [1.54, 1.807) is 30.3 Å². The molecule has 204 valence electrons. The quantitative estimate of drug-likeness (QED) is 0.263. The van der Waals surface area contributed by atoms with Gasteiger partial charge in [0.25, 0.3) is 0 Å². The molecule has 0 bridgehead atoms. The van der Waals surface area contributed by atoms with Gasteiger partial charge in [0.2, 0.25) is 0 Å². The number of benzene rings is 4. The number of aromatic hydroxyl groups is 1. The smallest absolute Gasteiger partial charge is 0.306 e. The van der Waals surface area contributed by atoms with Gasteiger partial charge in [-0.25, -0.2) is 0 Å². The van der Waals surface area contributed by atoms with Crippen molar-refractivity contribution in [2.24, 2.45) is 0 Å². The zero-order valence-corrected chi connectivity index (χ0v) is 23.0. The molecule has 0 aliphatic rings. The first-order valence-electron chi connectivity index (χ1n) is 11.5. The molecule has 0 saturated heterocycles. The Morgan fingerprint density at radius 2 is 1.28 bits per heavy atom. The minimum Gasteiger partial charge on any atom is -0.504 e. The van der Waals surface area contributed by atoms with E-state index in [1.165, 1.54) is 31.4 Å². The Morgan fingerprint density at radius 1 is 0.667 bits per heavy atom. The van der Waals surface area contributed by atoms with Crippen molar-refractivity contribution in [3.05, 3.63) is 90.5 Å². The Balaban J connectivity index is 1.73. The van der Waals surface area contributed by atoms with Crippen LogP contribution in [0.5, 0.6) is 28.7 Å². The molecule has 0 saturated carbocycles. The summed E-state index contributed by atoms with van der Waals surface area (Å²) < 4.78 is 68.6. The summed E-state index contributed by atoms with van der Waals surface area (Å²) in [5, 5.41) is 10.7. The first kappa shape index (κ1) is 27.8. The molecule has 9 nitrogen and oxygen atoms in total. The van der Waals surface area contributed by atoms with Crippen molar-refractivity contribution >= 4 is 20.2 Å². The highest BCUT2D eigenvalue weighted by molar-refractivity contribution is 7.86. The Hall–Kier alpha value is -4.22. The van der Waals surface area contributed by atoms with Crippen LogP contribution in [0.3, 0.4) is 0 Å². The van der Waals surface area contributed by atoms with E-state index in [0.29, 0.717) is 22.3 Å². The van der Waals surface area contributed by atoms with Crippen molar-refractivity contribution in [3.8, 4) is 51.0 Å². The van der Waals surface area contributed by atoms with Gasteiger partial charge in [0.1, 0.15) is 18.1 Å². The number of hydrogen-bond acceptors (Lipinski definition) is 9. The molecule has 0 aliphatic carbocycles. The van der Waals surface area contributed by atoms with E-state index in [1.807, 2.05) is 30.3 Å². The Bertz CT molecular complexity index is 1680. The highest BCUT2D eigenvalue weighted by Crippen LogP contribution is 2.45. The average Bonchev–Trinajstić information content (AvgIpc) is 2.86. The lowest BCUT2D eigenvalue weighted by molar-refractivity contribution is 0.289. The highest BCUT2D eigenvalue weighted by atomic mass is 32.2. The molecule has 0 unspecified atom stereocenters. The molecule has 0 aliphatic heterocycles. The molecule has 4 rings (SSSR count). The predicted molar refractivity (Wildman–Crippen MR) is 147 cm³/mol. The number of methoxy groups -OCH3 is 1. The fraction of sp³-hybridized carbons (Fsp3) is 0.143. The zero-order chi connectivity index (χ0) is 28.2. The third-order valence-corrected chi connectivity index (χ3v) is 6.42. The molecule has 39 heavy (non-hydrogen) atoms. The predicted octanol–water partition coefficient (Wildman–Crippen LogP) is 4.99. The molecule has 0 spiro atoms. The Kier molecular flexibility index (Phi) is 8.03. The summed E-state index contributed by atoms with van der Waals surface area (Å²) in [6.45, 7) is 0.252. The summed E-state index contributed by atoms with van der Waals surface area (Å²) in [5.41, 5.74) is 2.81. The molecule has 0 heterocycles. The lowest BCUT2D eigenvalue weighted by Gasteiger charge is -2.17. The second kappa shape index (κ2) is 11.3. The molecule has 0 atom stereocenters. The van der Waals surface area contributed by atoms with E-state index < -0.39 is 20.2 Å². The van der Waals surface area contributed by atoms with Gasteiger partial charge in [-0.3, -0.25) is 0 Å². The number of phenols is 1. The van der Waals surface area contributed by atoms with Crippen LogP contribution in [0.15, 0.2) is 84.9 Å². The summed E-state index contributed by atoms with van der Waals surface area (Å²) in [6, 6.07) is 23.5.